The first kappa shape index (κ1) is 23.1. The van der Waals surface area contributed by atoms with E-state index in [2.05, 4.69) is 27.5 Å². The first-order chi connectivity index (χ1) is 16.2. The van der Waals surface area contributed by atoms with E-state index < -0.39 is 11.6 Å². The Hall–Kier alpha value is -2.70. The molecule has 0 radical (unpaired) electrons. The summed E-state index contributed by atoms with van der Waals surface area (Å²) in [5, 5.41) is 12.0. The Kier molecular flexibility index (Phi) is 5.57. The molecule has 4 heterocycles. The van der Waals surface area contributed by atoms with Gasteiger partial charge in [0.2, 0.25) is 0 Å². The van der Waals surface area contributed by atoms with Gasteiger partial charge in [0.1, 0.15) is 6.61 Å². The molecule has 34 heavy (non-hydrogen) atoms. The number of aromatic nitrogens is 2. The number of carbonyl (C=O) groups excluding carboxylic acids is 1. The fourth-order valence-electron chi connectivity index (χ4n) is 4.87. The number of nitrogens with zero attached hydrogens (tertiary/aromatic N) is 3. The molecule has 2 aliphatic heterocycles. The highest BCUT2D eigenvalue weighted by molar-refractivity contribution is 14.1. The molecular weight excluding hydrogens is 551 g/mol. The Morgan fingerprint density at radius 3 is 2.79 bits per heavy atom. The van der Waals surface area contributed by atoms with Gasteiger partial charge in [-0.05, 0) is 47.2 Å². The summed E-state index contributed by atoms with van der Waals surface area (Å²) in [5.74, 6) is -0.735. The van der Waals surface area contributed by atoms with E-state index in [9.17, 15) is 14.7 Å². The van der Waals surface area contributed by atoms with Crippen molar-refractivity contribution in [3.05, 3.63) is 48.8 Å². The van der Waals surface area contributed by atoms with Gasteiger partial charge in [0.05, 0.1) is 41.3 Å². The van der Waals surface area contributed by atoms with Crippen LogP contribution in [0.15, 0.2) is 23.0 Å². The number of esters is 1. The summed E-state index contributed by atoms with van der Waals surface area (Å²) in [6.07, 6.45) is 0.0994. The Morgan fingerprint density at radius 1 is 1.32 bits per heavy atom. The standard InChI is InChI=1S/C24H25IN4O5/c1-4-24(32)15-8-19-20-13(10-29(19)22(30)14(15)11-34-23(24)31)21(28(2)5-6-33-3)12-7-17(26)16(25)9-18(12)27-20/h7-9,32H,4-6,10-11,26H2,1-3H3/t24-/m0/s1. The zero-order chi connectivity index (χ0) is 24.4. The van der Waals surface area contributed by atoms with Crippen LogP contribution in [0.1, 0.15) is 30.0 Å². The molecule has 10 heteroatoms. The number of hydrogen-bond acceptors (Lipinski definition) is 8. The van der Waals surface area contributed by atoms with Gasteiger partial charge in [-0.25, -0.2) is 9.78 Å². The lowest BCUT2D eigenvalue weighted by Crippen LogP contribution is -2.44. The first-order valence-corrected chi connectivity index (χ1v) is 12.1. The van der Waals surface area contributed by atoms with E-state index in [1.54, 1.807) is 24.7 Å². The summed E-state index contributed by atoms with van der Waals surface area (Å²) in [6, 6.07) is 5.58. The van der Waals surface area contributed by atoms with Crippen molar-refractivity contribution in [3.63, 3.8) is 0 Å². The highest BCUT2D eigenvalue weighted by atomic mass is 127. The number of methoxy groups -OCH3 is 1. The smallest absolute Gasteiger partial charge is 0.343 e. The van der Waals surface area contributed by atoms with Gasteiger partial charge >= 0.3 is 5.97 Å². The molecule has 1 atom stereocenters. The van der Waals surface area contributed by atoms with Crippen LogP contribution in [0.25, 0.3) is 22.3 Å². The Bertz CT molecular complexity index is 1420. The summed E-state index contributed by atoms with van der Waals surface area (Å²) in [6.45, 7) is 3.01. The van der Waals surface area contributed by atoms with Crippen LogP contribution in [-0.4, -0.2) is 47.9 Å². The number of carbonyl (C=O) groups is 1. The van der Waals surface area contributed by atoms with Gasteiger partial charge in [-0.3, -0.25) is 4.79 Å². The number of cyclic esters (lactones) is 1. The summed E-state index contributed by atoms with van der Waals surface area (Å²) in [5.41, 5.74) is 9.17. The molecule has 0 saturated heterocycles. The van der Waals surface area contributed by atoms with Crippen LogP contribution in [0.4, 0.5) is 11.4 Å². The predicted octanol–water partition coefficient (Wildman–Crippen LogP) is 2.35. The van der Waals surface area contributed by atoms with Crippen molar-refractivity contribution in [2.75, 3.05) is 37.9 Å². The molecule has 2 aromatic heterocycles. The number of fused-ring (bicyclic) bond motifs is 5. The van der Waals surface area contributed by atoms with Gasteiger partial charge in [0.25, 0.3) is 5.56 Å². The number of anilines is 2. The molecule has 3 aromatic rings. The molecule has 0 aliphatic carbocycles. The van der Waals surface area contributed by atoms with Crippen molar-refractivity contribution in [2.24, 2.45) is 0 Å². The minimum absolute atomic E-state index is 0.0994. The maximum atomic E-state index is 13.5. The van der Waals surface area contributed by atoms with E-state index in [0.717, 1.165) is 25.7 Å². The number of rotatable bonds is 5. The summed E-state index contributed by atoms with van der Waals surface area (Å²) in [7, 11) is 3.63. The van der Waals surface area contributed by atoms with Gasteiger partial charge in [-0.2, -0.15) is 0 Å². The van der Waals surface area contributed by atoms with E-state index in [-0.39, 0.29) is 18.6 Å². The summed E-state index contributed by atoms with van der Waals surface area (Å²) < 4.78 is 13.0. The van der Waals surface area contributed by atoms with E-state index in [1.807, 2.05) is 19.2 Å². The quantitative estimate of drug-likeness (QED) is 0.211. The van der Waals surface area contributed by atoms with Crippen LogP contribution in [0.2, 0.25) is 0 Å². The number of nitrogens with two attached hydrogens (primary N) is 1. The predicted molar refractivity (Wildman–Crippen MR) is 137 cm³/mol. The van der Waals surface area contributed by atoms with Crippen LogP contribution in [0.5, 0.6) is 0 Å². The van der Waals surface area contributed by atoms with Gasteiger partial charge in [0.15, 0.2) is 5.60 Å². The highest BCUT2D eigenvalue weighted by Gasteiger charge is 2.45. The molecule has 0 saturated carbocycles. The molecule has 0 fully saturated rings. The van der Waals surface area contributed by atoms with E-state index in [1.165, 1.54) is 0 Å². The second-order valence-corrected chi connectivity index (χ2v) is 9.86. The Morgan fingerprint density at radius 2 is 2.09 bits per heavy atom. The molecule has 1 aromatic carbocycles. The topological polar surface area (TPSA) is 120 Å². The molecule has 0 spiro atoms. The summed E-state index contributed by atoms with van der Waals surface area (Å²) in [4.78, 5) is 33.0. The van der Waals surface area contributed by atoms with E-state index in [4.69, 9.17) is 20.2 Å². The zero-order valence-corrected chi connectivity index (χ0v) is 21.3. The molecule has 9 nitrogen and oxygen atoms in total. The number of likely N-dealkylation sites (N-methyl/N-ethyl adjacent to an activating group) is 1. The van der Waals surface area contributed by atoms with Crippen molar-refractivity contribution in [2.45, 2.75) is 32.1 Å². The molecule has 5 rings (SSSR count). The van der Waals surface area contributed by atoms with Gasteiger partial charge in [0, 0.05) is 46.5 Å². The SMILES string of the molecule is CC[C@@]1(O)C(=O)OCc2c1cc1n(c2=O)Cc2c-1nc1cc(I)c(N)cc1c2N(C)CCOC. The first-order valence-electron chi connectivity index (χ1n) is 11.0. The lowest BCUT2D eigenvalue weighted by atomic mass is 9.86. The van der Waals surface area contributed by atoms with Gasteiger partial charge < -0.3 is 29.8 Å². The van der Waals surface area contributed by atoms with Crippen LogP contribution in [0, 0.1) is 3.57 Å². The second-order valence-electron chi connectivity index (χ2n) is 8.70. The maximum absolute atomic E-state index is 13.5. The fourth-order valence-corrected chi connectivity index (χ4v) is 5.32. The molecule has 0 unspecified atom stereocenters. The van der Waals surface area contributed by atoms with Gasteiger partial charge in [-0.1, -0.05) is 6.92 Å². The largest absolute Gasteiger partial charge is 0.458 e. The fraction of sp³-hybridized carbons (Fsp3) is 0.375. The third-order valence-corrected chi connectivity index (χ3v) is 7.72. The molecule has 3 N–H and O–H groups in total. The van der Waals surface area contributed by atoms with Crippen LogP contribution in [-0.2, 0) is 33.0 Å². The monoisotopic (exact) mass is 576 g/mol. The number of halogens is 1. The van der Waals surface area contributed by atoms with Crippen molar-refractivity contribution >= 4 is 50.8 Å². The average molecular weight is 576 g/mol. The average Bonchev–Trinajstić information content (AvgIpc) is 3.18. The zero-order valence-electron chi connectivity index (χ0n) is 19.1. The number of pyridine rings is 2. The van der Waals surface area contributed by atoms with Crippen molar-refractivity contribution in [1.82, 2.24) is 9.55 Å². The van der Waals surface area contributed by atoms with E-state index >= 15 is 0 Å². The Labute approximate surface area is 209 Å². The van der Waals surface area contributed by atoms with Gasteiger partial charge in [-0.15, -0.1) is 0 Å². The van der Waals surface area contributed by atoms with Crippen molar-refractivity contribution < 1.29 is 19.4 Å². The summed E-state index contributed by atoms with van der Waals surface area (Å²) >= 11 is 2.18. The van der Waals surface area contributed by atoms with Crippen molar-refractivity contribution in [3.8, 4) is 11.4 Å². The number of aliphatic hydroxyl groups is 1. The van der Waals surface area contributed by atoms with Crippen LogP contribution < -0.4 is 16.2 Å². The Balaban J connectivity index is 1.81. The molecule has 2 aliphatic rings. The third-order valence-electron chi connectivity index (χ3n) is 6.79. The third kappa shape index (κ3) is 3.23. The normalized spacial score (nSPS) is 18.4. The highest BCUT2D eigenvalue weighted by Crippen LogP contribution is 2.43. The van der Waals surface area contributed by atoms with E-state index in [0.29, 0.717) is 47.9 Å². The molecule has 0 amide bonds. The van der Waals surface area contributed by atoms with Crippen LogP contribution >= 0.6 is 22.6 Å². The minimum atomic E-state index is -1.86. The minimum Gasteiger partial charge on any atom is -0.458 e. The molecular formula is C24H25IN4O5. The number of benzene rings is 1. The van der Waals surface area contributed by atoms with Crippen LogP contribution in [0.3, 0.4) is 0 Å². The second kappa shape index (κ2) is 8.21. The van der Waals surface area contributed by atoms with Crippen molar-refractivity contribution in [1.29, 1.82) is 0 Å². The lowest BCUT2D eigenvalue weighted by Gasteiger charge is -2.31. The molecule has 178 valence electrons. The number of hydrogen-bond donors (Lipinski definition) is 2. The maximum Gasteiger partial charge on any atom is 0.343 e. The number of nitrogen functional groups attached to an aromatic ring is 1. The lowest BCUT2D eigenvalue weighted by molar-refractivity contribution is -0.172. The molecule has 0 bridgehead atoms. The number of ether oxygens (including phenoxy) is 2.